The number of nitrogens with zero attached hydrogens (tertiary/aromatic N) is 3. The molecule has 0 aliphatic carbocycles. The van der Waals surface area contributed by atoms with E-state index in [9.17, 15) is 0 Å². The molecule has 0 unspecified atom stereocenters. The molecule has 5 nitrogen and oxygen atoms in total. The van der Waals surface area contributed by atoms with Crippen LogP contribution in [0.5, 0.6) is 0 Å². The van der Waals surface area contributed by atoms with E-state index in [1.165, 1.54) is 5.56 Å². The summed E-state index contributed by atoms with van der Waals surface area (Å²) in [6.45, 7) is 2.14. The summed E-state index contributed by atoms with van der Waals surface area (Å²) in [6.07, 6.45) is 3.44. The van der Waals surface area contributed by atoms with Crippen molar-refractivity contribution in [3.8, 4) is 0 Å². The van der Waals surface area contributed by atoms with Crippen molar-refractivity contribution < 1.29 is 4.84 Å². The number of halogens is 2. The molecule has 0 bridgehead atoms. The fourth-order valence-electron chi connectivity index (χ4n) is 2.26. The molecular formula is C20H18Cl2N4OS. The van der Waals surface area contributed by atoms with Crippen LogP contribution in [0.1, 0.15) is 22.5 Å². The van der Waals surface area contributed by atoms with Crippen molar-refractivity contribution in [2.45, 2.75) is 24.4 Å². The van der Waals surface area contributed by atoms with Crippen LogP contribution in [0.4, 0.5) is 0 Å². The second kappa shape index (κ2) is 10.4. The topological polar surface area (TPSA) is 59.9 Å². The Morgan fingerprint density at radius 1 is 1.07 bits per heavy atom. The van der Waals surface area contributed by atoms with Crippen LogP contribution in [-0.2, 0) is 17.2 Å². The van der Waals surface area contributed by atoms with Gasteiger partial charge in [0.25, 0.3) is 0 Å². The number of hydrogen-bond acceptors (Lipinski definition) is 6. The van der Waals surface area contributed by atoms with Crippen molar-refractivity contribution >= 4 is 41.0 Å². The van der Waals surface area contributed by atoms with Gasteiger partial charge in [0, 0.05) is 17.5 Å². The van der Waals surface area contributed by atoms with Crippen molar-refractivity contribution in [1.82, 2.24) is 20.7 Å². The third-order valence-electron chi connectivity index (χ3n) is 3.73. The smallest absolute Gasteiger partial charge is 0.209 e. The molecule has 28 heavy (non-hydrogen) atoms. The summed E-state index contributed by atoms with van der Waals surface area (Å²) in [7, 11) is 0. The van der Waals surface area contributed by atoms with Gasteiger partial charge in [-0.2, -0.15) is 5.10 Å². The van der Waals surface area contributed by atoms with Gasteiger partial charge in [0.05, 0.1) is 21.4 Å². The summed E-state index contributed by atoms with van der Waals surface area (Å²) in [5.74, 6) is 0.788. The molecule has 8 heteroatoms. The zero-order valence-corrected chi connectivity index (χ0v) is 17.4. The lowest BCUT2D eigenvalue weighted by Crippen LogP contribution is -2.07. The standard InChI is InChI=1S/C20H18Cl2N4OS/c1-14-18(10-11-23-27-12-16-8-5-9-17(21)19(16)22)24-20(26-25-14)28-13-15-6-3-2-4-7-15/h2-11,23H,12-13H2,1H3/b11-10+. The number of hydrogen-bond donors (Lipinski definition) is 1. The largest absolute Gasteiger partial charge is 0.274 e. The number of aromatic nitrogens is 3. The van der Waals surface area contributed by atoms with Gasteiger partial charge in [-0.15, -0.1) is 5.10 Å². The van der Waals surface area contributed by atoms with E-state index in [1.54, 1.807) is 30.1 Å². The summed E-state index contributed by atoms with van der Waals surface area (Å²) in [4.78, 5) is 9.94. The fourth-order valence-corrected chi connectivity index (χ4v) is 3.38. The molecule has 1 heterocycles. The second-order valence-corrected chi connectivity index (χ2v) is 7.52. The van der Waals surface area contributed by atoms with Crippen LogP contribution in [0.2, 0.25) is 10.0 Å². The van der Waals surface area contributed by atoms with Crippen LogP contribution in [0.25, 0.3) is 6.08 Å². The number of benzene rings is 2. The third kappa shape index (κ3) is 5.94. The molecule has 0 aliphatic heterocycles. The molecular weight excluding hydrogens is 415 g/mol. The van der Waals surface area contributed by atoms with Crippen LogP contribution in [0.3, 0.4) is 0 Å². The van der Waals surface area contributed by atoms with Gasteiger partial charge >= 0.3 is 0 Å². The number of rotatable bonds is 8. The quantitative estimate of drug-likeness (QED) is 0.289. The Bertz CT molecular complexity index is 954. The Labute approximate surface area is 178 Å². The first kappa shape index (κ1) is 20.6. The normalized spacial score (nSPS) is 11.1. The lowest BCUT2D eigenvalue weighted by Gasteiger charge is -2.06. The van der Waals surface area contributed by atoms with Gasteiger partial charge in [-0.3, -0.25) is 10.3 Å². The highest BCUT2D eigenvalue weighted by Crippen LogP contribution is 2.25. The summed E-state index contributed by atoms with van der Waals surface area (Å²) in [5, 5.41) is 9.94. The zero-order valence-electron chi connectivity index (χ0n) is 15.1. The molecule has 0 amide bonds. The summed E-state index contributed by atoms with van der Waals surface area (Å²) >= 11 is 13.7. The Hall–Kier alpha value is -2.12. The Balaban J connectivity index is 1.53. The van der Waals surface area contributed by atoms with E-state index in [4.69, 9.17) is 28.0 Å². The molecule has 0 saturated carbocycles. The van der Waals surface area contributed by atoms with E-state index < -0.39 is 0 Å². The second-order valence-electron chi connectivity index (χ2n) is 5.79. The minimum Gasteiger partial charge on any atom is -0.274 e. The summed E-state index contributed by atoms with van der Waals surface area (Å²) in [5.41, 5.74) is 6.23. The van der Waals surface area contributed by atoms with Crippen LogP contribution in [0, 0.1) is 6.92 Å². The van der Waals surface area contributed by atoms with Gasteiger partial charge in [-0.1, -0.05) is 77.4 Å². The molecule has 2 aromatic carbocycles. The minimum absolute atomic E-state index is 0.281. The summed E-state index contributed by atoms with van der Waals surface area (Å²) in [6, 6.07) is 15.6. The van der Waals surface area contributed by atoms with Gasteiger partial charge in [0.2, 0.25) is 5.16 Å². The van der Waals surface area contributed by atoms with Crippen LogP contribution >= 0.6 is 35.0 Å². The van der Waals surface area contributed by atoms with Crippen molar-refractivity contribution in [1.29, 1.82) is 0 Å². The molecule has 0 saturated heterocycles. The molecule has 1 aromatic heterocycles. The summed E-state index contributed by atoms with van der Waals surface area (Å²) < 4.78 is 0. The van der Waals surface area contributed by atoms with E-state index in [2.05, 4.69) is 32.8 Å². The van der Waals surface area contributed by atoms with E-state index in [0.29, 0.717) is 15.2 Å². The van der Waals surface area contributed by atoms with E-state index >= 15 is 0 Å². The minimum atomic E-state index is 0.281. The molecule has 0 atom stereocenters. The first-order chi connectivity index (χ1) is 13.6. The molecule has 1 N–H and O–H groups in total. The lowest BCUT2D eigenvalue weighted by atomic mass is 10.2. The van der Waals surface area contributed by atoms with Crippen LogP contribution in [0.15, 0.2) is 59.9 Å². The zero-order chi connectivity index (χ0) is 19.8. The first-order valence-electron chi connectivity index (χ1n) is 8.48. The number of thioether (sulfide) groups is 1. The molecule has 3 rings (SSSR count). The average Bonchev–Trinajstić information content (AvgIpc) is 2.72. The highest BCUT2D eigenvalue weighted by atomic mass is 35.5. The highest BCUT2D eigenvalue weighted by molar-refractivity contribution is 7.98. The Morgan fingerprint density at radius 2 is 1.89 bits per heavy atom. The number of nitrogens with one attached hydrogen (secondary N) is 1. The van der Waals surface area contributed by atoms with Gasteiger partial charge < -0.3 is 0 Å². The Kier molecular flexibility index (Phi) is 7.68. The average molecular weight is 433 g/mol. The van der Waals surface area contributed by atoms with E-state index in [-0.39, 0.29) is 6.61 Å². The maximum absolute atomic E-state index is 6.13. The van der Waals surface area contributed by atoms with Crippen LogP contribution in [-0.4, -0.2) is 15.2 Å². The van der Waals surface area contributed by atoms with Gasteiger partial charge in [-0.25, -0.2) is 4.98 Å². The Morgan fingerprint density at radius 3 is 2.71 bits per heavy atom. The van der Waals surface area contributed by atoms with Crippen molar-refractivity contribution in [3.63, 3.8) is 0 Å². The fraction of sp³-hybridized carbons (Fsp3) is 0.150. The molecule has 144 valence electrons. The molecule has 0 fully saturated rings. The van der Waals surface area contributed by atoms with Gasteiger partial charge in [0.1, 0.15) is 6.61 Å². The number of aryl methyl sites for hydroxylation is 1. The van der Waals surface area contributed by atoms with Crippen molar-refractivity contribution in [3.05, 3.63) is 87.3 Å². The highest BCUT2D eigenvalue weighted by Gasteiger charge is 2.05. The third-order valence-corrected chi connectivity index (χ3v) is 5.50. The molecule has 0 spiro atoms. The lowest BCUT2D eigenvalue weighted by molar-refractivity contribution is 0.0582. The van der Waals surface area contributed by atoms with Gasteiger partial charge in [0.15, 0.2) is 0 Å². The van der Waals surface area contributed by atoms with Crippen molar-refractivity contribution in [2.24, 2.45) is 0 Å². The van der Waals surface area contributed by atoms with E-state index in [1.807, 2.05) is 37.3 Å². The predicted octanol–water partition coefficient (Wildman–Crippen LogP) is 5.47. The first-order valence-corrected chi connectivity index (χ1v) is 10.2. The van der Waals surface area contributed by atoms with Gasteiger partial charge in [-0.05, 0) is 24.6 Å². The monoisotopic (exact) mass is 432 g/mol. The predicted molar refractivity (Wildman–Crippen MR) is 114 cm³/mol. The van der Waals surface area contributed by atoms with Crippen molar-refractivity contribution in [2.75, 3.05) is 0 Å². The van der Waals surface area contributed by atoms with Crippen LogP contribution < -0.4 is 5.48 Å². The number of hydroxylamine groups is 1. The molecule has 0 aliphatic rings. The maximum atomic E-state index is 6.13. The maximum Gasteiger partial charge on any atom is 0.209 e. The van der Waals surface area contributed by atoms with E-state index in [0.717, 1.165) is 22.7 Å². The molecule has 0 radical (unpaired) electrons. The SMILES string of the molecule is Cc1nnc(SCc2ccccc2)nc1/C=C/NOCc1cccc(Cl)c1Cl. The molecule has 3 aromatic rings.